The lowest BCUT2D eigenvalue weighted by Gasteiger charge is -2.39. The summed E-state index contributed by atoms with van der Waals surface area (Å²) in [6, 6.07) is 1.42. The summed E-state index contributed by atoms with van der Waals surface area (Å²) in [5.41, 5.74) is 0.254. The highest BCUT2D eigenvalue weighted by Gasteiger charge is 2.45. The van der Waals surface area contributed by atoms with Crippen molar-refractivity contribution in [1.82, 2.24) is 5.16 Å². The molecule has 0 amide bonds. The summed E-state index contributed by atoms with van der Waals surface area (Å²) < 4.78 is 26.1. The Balaban J connectivity index is 1.50. The van der Waals surface area contributed by atoms with Crippen molar-refractivity contribution in [3.63, 3.8) is 0 Å². The molecule has 2 fully saturated rings. The van der Waals surface area contributed by atoms with Crippen molar-refractivity contribution in [3.8, 4) is 0 Å². The van der Waals surface area contributed by atoms with Gasteiger partial charge in [0.1, 0.15) is 61.1 Å². The summed E-state index contributed by atoms with van der Waals surface area (Å²) in [7, 11) is 0. The van der Waals surface area contributed by atoms with E-state index in [1.165, 1.54) is 6.07 Å². The molecule has 0 aromatic carbocycles. The van der Waals surface area contributed by atoms with E-state index in [1.807, 2.05) is 0 Å². The highest BCUT2D eigenvalue weighted by Crippen LogP contribution is 2.24. The van der Waals surface area contributed by atoms with Gasteiger partial charge in [-0.25, -0.2) is 0 Å². The van der Waals surface area contributed by atoms with Crippen molar-refractivity contribution in [2.24, 2.45) is 0 Å². The molecule has 10 atom stereocenters. The minimum Gasteiger partial charge on any atom is -0.394 e. The fourth-order valence-electron chi connectivity index (χ4n) is 3.23. The van der Waals surface area contributed by atoms with Gasteiger partial charge in [-0.15, -0.1) is 0 Å². The molecule has 31 heavy (non-hydrogen) atoms. The number of hydrogen-bond donors (Lipinski definition) is 8. The maximum absolute atomic E-state index is 9.94. The van der Waals surface area contributed by atoms with Gasteiger partial charge in [0.25, 0.3) is 0 Å². The normalized spacial score (nSPS) is 41.4. The van der Waals surface area contributed by atoms with Crippen molar-refractivity contribution >= 4 is 0 Å². The first-order valence-corrected chi connectivity index (χ1v) is 9.55. The average Bonchev–Trinajstić information content (AvgIpc) is 3.23. The first kappa shape index (κ1) is 24.4. The lowest BCUT2D eigenvalue weighted by Crippen LogP contribution is -2.59. The van der Waals surface area contributed by atoms with Crippen LogP contribution in [-0.2, 0) is 32.2 Å². The predicted molar refractivity (Wildman–Crippen MR) is 93.6 cm³/mol. The molecule has 0 radical (unpaired) electrons. The molecule has 3 heterocycles. The van der Waals surface area contributed by atoms with Gasteiger partial charge in [0.05, 0.1) is 19.8 Å². The van der Waals surface area contributed by atoms with Gasteiger partial charge in [-0.1, -0.05) is 5.16 Å². The van der Waals surface area contributed by atoms with E-state index in [1.54, 1.807) is 0 Å². The third kappa shape index (κ3) is 5.39. The largest absolute Gasteiger partial charge is 0.394 e. The van der Waals surface area contributed by atoms with Gasteiger partial charge >= 0.3 is 0 Å². The molecule has 0 saturated carbocycles. The second-order valence-corrected chi connectivity index (χ2v) is 7.30. The quantitative estimate of drug-likeness (QED) is 0.185. The van der Waals surface area contributed by atoms with E-state index in [9.17, 15) is 40.9 Å². The third-order valence-corrected chi connectivity index (χ3v) is 5.09. The van der Waals surface area contributed by atoms with E-state index in [0.29, 0.717) is 0 Å². The van der Waals surface area contributed by atoms with Crippen molar-refractivity contribution in [2.45, 2.75) is 74.6 Å². The monoisotopic (exact) mass is 453 g/mol. The average molecular weight is 453 g/mol. The van der Waals surface area contributed by atoms with Crippen LogP contribution in [0.2, 0.25) is 0 Å². The lowest BCUT2D eigenvalue weighted by molar-refractivity contribution is -0.305. The second kappa shape index (κ2) is 10.6. The maximum Gasteiger partial charge on any atom is 0.187 e. The molecular weight excluding hydrogens is 426 g/mol. The summed E-state index contributed by atoms with van der Waals surface area (Å²) >= 11 is 0. The van der Waals surface area contributed by atoms with Crippen LogP contribution in [0.25, 0.3) is 0 Å². The van der Waals surface area contributed by atoms with E-state index >= 15 is 0 Å². The van der Waals surface area contributed by atoms with Gasteiger partial charge in [-0.05, 0) is 0 Å². The Hall–Kier alpha value is -1.27. The first-order valence-electron chi connectivity index (χ1n) is 9.55. The van der Waals surface area contributed by atoms with Crippen LogP contribution in [0.3, 0.4) is 0 Å². The third-order valence-electron chi connectivity index (χ3n) is 5.09. The number of aromatic nitrogens is 1. The summed E-state index contributed by atoms with van der Waals surface area (Å²) in [5, 5.41) is 81.0. The summed E-state index contributed by atoms with van der Waals surface area (Å²) in [4.78, 5) is 0. The van der Waals surface area contributed by atoms with Crippen LogP contribution in [0.5, 0.6) is 0 Å². The highest BCUT2D eigenvalue weighted by molar-refractivity contribution is 5.03. The van der Waals surface area contributed by atoms with E-state index in [4.69, 9.17) is 23.5 Å². The van der Waals surface area contributed by atoms with Gasteiger partial charge in [-0.3, -0.25) is 0 Å². The highest BCUT2D eigenvalue weighted by atomic mass is 16.7. The minimum atomic E-state index is -1.58. The van der Waals surface area contributed by atoms with E-state index < -0.39 is 74.6 Å². The molecule has 1 aromatic heterocycles. The van der Waals surface area contributed by atoms with Crippen molar-refractivity contribution in [1.29, 1.82) is 0 Å². The molecule has 14 heteroatoms. The summed E-state index contributed by atoms with van der Waals surface area (Å²) in [5.74, 6) is 0.185. The number of aliphatic hydroxyl groups is 8. The SMILES string of the molecule is OC[C@H]1O[C@H](OCc2cc(CO[C@H]3O[C@H](CO)[C@@H](O)[C@H](O)[C@@H]3O)on2)[C@@H](O)[C@@H](O)[C@@H]1O. The molecule has 3 rings (SSSR count). The number of nitrogens with zero attached hydrogens (tertiary/aromatic N) is 1. The van der Waals surface area contributed by atoms with Crippen LogP contribution >= 0.6 is 0 Å². The fraction of sp³-hybridized carbons (Fsp3) is 0.824. The molecule has 2 saturated heterocycles. The zero-order chi connectivity index (χ0) is 22.7. The molecule has 1 aromatic rings. The maximum atomic E-state index is 9.94. The molecule has 0 bridgehead atoms. The molecule has 0 aliphatic carbocycles. The van der Waals surface area contributed by atoms with Crippen LogP contribution in [0.15, 0.2) is 10.6 Å². The Bertz CT molecular complexity index is 630. The van der Waals surface area contributed by atoms with Gasteiger partial charge in [-0.2, -0.15) is 0 Å². The van der Waals surface area contributed by atoms with Crippen molar-refractivity contribution in [3.05, 3.63) is 17.5 Å². The Morgan fingerprint density at radius 2 is 1.19 bits per heavy atom. The molecular formula is C17H27NO13. The smallest absolute Gasteiger partial charge is 0.187 e. The minimum absolute atomic E-state index is 0.185. The Morgan fingerprint density at radius 3 is 1.68 bits per heavy atom. The molecule has 2 aliphatic heterocycles. The van der Waals surface area contributed by atoms with E-state index in [0.717, 1.165) is 0 Å². The molecule has 0 spiro atoms. The molecule has 8 N–H and O–H groups in total. The number of hydrogen-bond acceptors (Lipinski definition) is 14. The standard InChI is InChI=1S/C17H27NO13/c19-2-8-10(21)12(23)14(25)16(29-8)27-4-6-1-7(31-18-6)5-28-17-15(26)13(24)11(22)9(3-20)30-17/h1,8-17,19-26H,2-5H2/t8-,9-,10-,11-,12+,13+,14+,15+,16+,17+/m1/s1. The molecule has 2 aliphatic rings. The summed E-state index contributed by atoms with van der Waals surface area (Å²) in [6.07, 6.45) is -14.2. The van der Waals surface area contributed by atoms with Crippen molar-refractivity contribution < 1.29 is 64.3 Å². The van der Waals surface area contributed by atoms with Crippen LogP contribution in [0.4, 0.5) is 0 Å². The zero-order valence-corrected chi connectivity index (χ0v) is 16.2. The fourth-order valence-corrected chi connectivity index (χ4v) is 3.23. The van der Waals surface area contributed by atoms with Crippen LogP contribution in [-0.4, -0.2) is 121 Å². The Morgan fingerprint density at radius 1 is 0.710 bits per heavy atom. The molecule has 178 valence electrons. The number of rotatable bonds is 8. The van der Waals surface area contributed by atoms with Gasteiger partial charge < -0.3 is 64.3 Å². The predicted octanol–water partition coefficient (Wildman–Crippen LogP) is -4.69. The van der Waals surface area contributed by atoms with Gasteiger partial charge in [0, 0.05) is 6.07 Å². The van der Waals surface area contributed by atoms with Crippen molar-refractivity contribution in [2.75, 3.05) is 13.2 Å². The van der Waals surface area contributed by atoms with Crippen LogP contribution in [0, 0.1) is 0 Å². The first-order chi connectivity index (χ1) is 14.8. The van der Waals surface area contributed by atoms with Crippen LogP contribution in [0.1, 0.15) is 11.5 Å². The Labute approximate surface area is 175 Å². The van der Waals surface area contributed by atoms with Gasteiger partial charge in [0.2, 0.25) is 0 Å². The molecule has 14 nitrogen and oxygen atoms in total. The van der Waals surface area contributed by atoms with Crippen LogP contribution < -0.4 is 0 Å². The zero-order valence-electron chi connectivity index (χ0n) is 16.2. The van der Waals surface area contributed by atoms with Gasteiger partial charge in [0.15, 0.2) is 18.3 Å². The number of ether oxygens (including phenoxy) is 4. The summed E-state index contributed by atoms with van der Waals surface area (Å²) in [6.45, 7) is -1.64. The van der Waals surface area contributed by atoms with E-state index in [-0.39, 0.29) is 24.7 Å². The Kier molecular flexibility index (Phi) is 8.31. The number of aliphatic hydroxyl groups excluding tert-OH is 8. The molecule has 0 unspecified atom stereocenters. The second-order valence-electron chi connectivity index (χ2n) is 7.30. The lowest BCUT2D eigenvalue weighted by atomic mass is 9.99. The topological polar surface area (TPSA) is 225 Å². The van der Waals surface area contributed by atoms with E-state index in [2.05, 4.69) is 5.16 Å².